The van der Waals surface area contributed by atoms with Crippen molar-refractivity contribution in [2.24, 2.45) is 16.0 Å². The van der Waals surface area contributed by atoms with Gasteiger partial charge in [-0.05, 0) is 19.4 Å². The summed E-state index contributed by atoms with van der Waals surface area (Å²) in [5, 5.41) is 8.31. The summed E-state index contributed by atoms with van der Waals surface area (Å²) in [7, 11) is -3.71. The van der Waals surface area contributed by atoms with Crippen molar-refractivity contribution in [2.45, 2.75) is 25.2 Å². The van der Waals surface area contributed by atoms with Crippen LogP contribution in [0.1, 0.15) is 20.3 Å². The van der Waals surface area contributed by atoms with Gasteiger partial charge < -0.3 is 0 Å². The van der Waals surface area contributed by atoms with E-state index in [4.69, 9.17) is 0 Å². The molecule has 1 unspecified atom stereocenters. The Hall–Kier alpha value is -1.93. The fourth-order valence-electron chi connectivity index (χ4n) is 2.52. The van der Waals surface area contributed by atoms with Gasteiger partial charge in [0, 0.05) is 34.1 Å². The summed E-state index contributed by atoms with van der Waals surface area (Å²) in [6, 6.07) is 7.47. The molecular formula is C16H20N4O2S2. The number of hydrogen-bond acceptors (Lipinski definition) is 5. The normalized spacial score (nSPS) is 18.5. The Balaban J connectivity index is 1.89. The molecular weight excluding hydrogens is 344 g/mol. The SMILES string of the molecule is CCN=C(NS(=O)(=O)c1csc2ccccc12)N1CC(CC)C=N1. The highest BCUT2D eigenvalue weighted by molar-refractivity contribution is 7.90. The molecule has 6 nitrogen and oxygen atoms in total. The third kappa shape index (κ3) is 3.29. The van der Waals surface area contributed by atoms with Crippen molar-refractivity contribution in [2.75, 3.05) is 13.1 Å². The molecule has 24 heavy (non-hydrogen) atoms. The number of nitrogens with zero attached hydrogens (tertiary/aromatic N) is 3. The number of sulfonamides is 1. The van der Waals surface area contributed by atoms with Crippen LogP contribution in [0.5, 0.6) is 0 Å². The van der Waals surface area contributed by atoms with E-state index in [0.29, 0.717) is 19.0 Å². The summed E-state index contributed by atoms with van der Waals surface area (Å²) in [5.41, 5.74) is 0. The van der Waals surface area contributed by atoms with Gasteiger partial charge in [-0.25, -0.2) is 18.1 Å². The maximum atomic E-state index is 12.8. The topological polar surface area (TPSA) is 74.1 Å². The first-order chi connectivity index (χ1) is 11.5. The molecule has 0 spiro atoms. The van der Waals surface area contributed by atoms with E-state index in [9.17, 15) is 8.42 Å². The third-order valence-corrected chi connectivity index (χ3v) is 6.34. The summed E-state index contributed by atoms with van der Waals surface area (Å²) < 4.78 is 29.2. The highest BCUT2D eigenvalue weighted by atomic mass is 32.2. The van der Waals surface area contributed by atoms with Gasteiger partial charge >= 0.3 is 0 Å². The van der Waals surface area contributed by atoms with Crippen LogP contribution in [0.4, 0.5) is 0 Å². The lowest BCUT2D eigenvalue weighted by molar-refractivity contribution is 0.429. The number of rotatable bonds is 4. The fraction of sp³-hybridized carbons (Fsp3) is 0.375. The van der Waals surface area contributed by atoms with Crippen molar-refractivity contribution in [1.29, 1.82) is 0 Å². The van der Waals surface area contributed by atoms with Crippen molar-refractivity contribution in [3.05, 3.63) is 29.6 Å². The fourth-order valence-corrected chi connectivity index (χ4v) is 5.05. The molecule has 3 rings (SSSR count). The number of hydrazone groups is 1. The molecule has 1 aromatic carbocycles. The summed E-state index contributed by atoms with van der Waals surface area (Å²) in [6.07, 6.45) is 2.81. The lowest BCUT2D eigenvalue weighted by Gasteiger charge is -2.19. The van der Waals surface area contributed by atoms with Crippen LogP contribution in [-0.2, 0) is 10.0 Å². The van der Waals surface area contributed by atoms with Crippen molar-refractivity contribution in [3.8, 4) is 0 Å². The number of guanidine groups is 1. The molecule has 128 valence electrons. The van der Waals surface area contributed by atoms with Gasteiger partial charge in [0.1, 0.15) is 4.90 Å². The second-order valence-corrected chi connectivity index (χ2v) is 8.08. The van der Waals surface area contributed by atoms with Crippen LogP contribution in [-0.4, -0.2) is 38.7 Å². The molecule has 1 atom stereocenters. The van der Waals surface area contributed by atoms with Crippen LogP contribution in [0.25, 0.3) is 10.1 Å². The van der Waals surface area contributed by atoms with Crippen LogP contribution in [0.2, 0.25) is 0 Å². The minimum atomic E-state index is -3.71. The van der Waals surface area contributed by atoms with Gasteiger partial charge in [-0.3, -0.25) is 4.99 Å². The summed E-state index contributed by atoms with van der Waals surface area (Å²) >= 11 is 1.42. The second-order valence-electron chi connectivity index (χ2n) is 5.51. The van der Waals surface area contributed by atoms with Crippen LogP contribution < -0.4 is 4.72 Å². The quantitative estimate of drug-likeness (QED) is 0.670. The Morgan fingerprint density at radius 1 is 1.42 bits per heavy atom. The van der Waals surface area contributed by atoms with E-state index in [0.717, 1.165) is 16.5 Å². The smallest absolute Gasteiger partial charge is 0.251 e. The lowest BCUT2D eigenvalue weighted by Crippen LogP contribution is -2.41. The Kier molecular flexibility index (Phi) is 4.86. The summed E-state index contributed by atoms with van der Waals surface area (Å²) in [6.45, 7) is 5.07. The molecule has 1 aliphatic rings. The molecule has 1 aliphatic heterocycles. The zero-order valence-electron chi connectivity index (χ0n) is 13.6. The molecule has 0 radical (unpaired) electrons. The van der Waals surface area contributed by atoms with E-state index in [-0.39, 0.29) is 10.9 Å². The number of fused-ring (bicyclic) bond motifs is 1. The highest BCUT2D eigenvalue weighted by Gasteiger charge is 2.26. The van der Waals surface area contributed by atoms with Gasteiger partial charge in [0.25, 0.3) is 10.0 Å². The number of hydrogen-bond donors (Lipinski definition) is 1. The second kappa shape index (κ2) is 6.90. The average molecular weight is 364 g/mol. The molecule has 0 saturated heterocycles. The molecule has 0 saturated carbocycles. The summed E-state index contributed by atoms with van der Waals surface area (Å²) in [5.74, 6) is 0.596. The van der Waals surface area contributed by atoms with E-state index < -0.39 is 10.0 Å². The molecule has 2 heterocycles. The highest BCUT2D eigenvalue weighted by Crippen LogP contribution is 2.29. The zero-order chi connectivity index (χ0) is 17.2. The summed E-state index contributed by atoms with van der Waals surface area (Å²) in [4.78, 5) is 4.57. The van der Waals surface area contributed by atoms with Crippen LogP contribution in [0.3, 0.4) is 0 Å². The van der Waals surface area contributed by atoms with Gasteiger partial charge in [0.15, 0.2) is 0 Å². The standard InChI is InChI=1S/C16H20N4O2S2/c1-3-12-9-18-20(10-12)16(17-4-2)19-24(21,22)15-11-23-14-8-6-5-7-13(14)15/h5-9,11-12H,3-4,10H2,1-2H3,(H,17,19). The van der Waals surface area contributed by atoms with Crippen LogP contribution in [0, 0.1) is 5.92 Å². The van der Waals surface area contributed by atoms with Gasteiger partial charge in [0.2, 0.25) is 5.96 Å². The van der Waals surface area contributed by atoms with Crippen LogP contribution in [0.15, 0.2) is 44.6 Å². The number of thiophene rings is 1. The Morgan fingerprint density at radius 2 is 2.21 bits per heavy atom. The number of benzene rings is 1. The predicted molar refractivity (Wildman–Crippen MR) is 99.1 cm³/mol. The zero-order valence-corrected chi connectivity index (χ0v) is 15.3. The van der Waals surface area contributed by atoms with E-state index in [1.54, 1.807) is 10.4 Å². The first-order valence-electron chi connectivity index (χ1n) is 7.90. The maximum Gasteiger partial charge on any atom is 0.265 e. The lowest BCUT2D eigenvalue weighted by atomic mass is 10.1. The molecule has 0 bridgehead atoms. The van der Waals surface area contributed by atoms with E-state index in [1.165, 1.54) is 11.3 Å². The molecule has 0 aliphatic carbocycles. The van der Waals surface area contributed by atoms with E-state index in [2.05, 4.69) is 21.7 Å². The van der Waals surface area contributed by atoms with Crippen molar-refractivity contribution >= 4 is 43.6 Å². The average Bonchev–Trinajstić information content (AvgIpc) is 3.21. The first kappa shape index (κ1) is 16.9. The molecule has 1 N–H and O–H groups in total. The van der Waals surface area contributed by atoms with Gasteiger partial charge in [-0.15, -0.1) is 11.3 Å². The van der Waals surface area contributed by atoms with Crippen molar-refractivity contribution < 1.29 is 8.42 Å². The van der Waals surface area contributed by atoms with E-state index in [1.807, 2.05) is 37.4 Å². The largest absolute Gasteiger partial charge is 0.265 e. The third-order valence-electron chi connectivity index (χ3n) is 3.86. The predicted octanol–water partition coefficient (Wildman–Crippen LogP) is 2.88. The molecule has 0 amide bonds. The monoisotopic (exact) mass is 364 g/mol. The van der Waals surface area contributed by atoms with Gasteiger partial charge in [-0.2, -0.15) is 5.10 Å². The first-order valence-corrected chi connectivity index (χ1v) is 10.3. The molecule has 0 fully saturated rings. The Bertz CT molecular complexity index is 886. The molecule has 2 aromatic rings. The Labute approximate surface area is 145 Å². The maximum absolute atomic E-state index is 12.8. The van der Waals surface area contributed by atoms with Crippen molar-refractivity contribution in [1.82, 2.24) is 9.73 Å². The number of nitrogens with one attached hydrogen (secondary N) is 1. The van der Waals surface area contributed by atoms with Crippen molar-refractivity contribution in [3.63, 3.8) is 0 Å². The number of aliphatic imine (C=N–C) groups is 1. The van der Waals surface area contributed by atoms with E-state index >= 15 is 0 Å². The molecule has 8 heteroatoms. The van der Waals surface area contributed by atoms with Crippen LogP contribution >= 0.6 is 11.3 Å². The van der Waals surface area contributed by atoms with Gasteiger partial charge in [0.05, 0.1) is 6.54 Å². The minimum absolute atomic E-state index is 0.278. The minimum Gasteiger partial charge on any atom is -0.251 e. The Morgan fingerprint density at radius 3 is 2.92 bits per heavy atom. The van der Waals surface area contributed by atoms with Gasteiger partial charge in [-0.1, -0.05) is 25.1 Å². The molecule has 1 aromatic heterocycles.